The summed E-state index contributed by atoms with van der Waals surface area (Å²) in [5.74, 6) is 0.610. The monoisotopic (exact) mass is 279 g/mol. The minimum Gasteiger partial charge on any atom is -0.316 e. The third-order valence-corrected chi connectivity index (χ3v) is 5.99. The highest BCUT2D eigenvalue weighted by molar-refractivity contribution is 7.12. The van der Waals surface area contributed by atoms with Crippen LogP contribution in [0.25, 0.3) is 0 Å². The lowest BCUT2D eigenvalue weighted by Gasteiger charge is -2.42. The minimum absolute atomic E-state index is 0.121. The molecule has 1 saturated heterocycles. The number of fused-ring (bicyclic) bond motifs is 1. The Morgan fingerprint density at radius 3 is 3.11 bits per heavy atom. The Bertz CT molecular complexity index is 421. The first kappa shape index (κ1) is 13.5. The van der Waals surface area contributed by atoms with Gasteiger partial charge in [0.05, 0.1) is 11.2 Å². The van der Waals surface area contributed by atoms with E-state index in [1.165, 1.54) is 42.8 Å². The molecule has 2 atom stereocenters. The van der Waals surface area contributed by atoms with Crippen LogP contribution in [0.15, 0.2) is 0 Å². The Balaban J connectivity index is 1.92. The lowest BCUT2D eigenvalue weighted by molar-refractivity contribution is 0.167. The van der Waals surface area contributed by atoms with Gasteiger partial charge in [0.15, 0.2) is 0 Å². The van der Waals surface area contributed by atoms with Crippen LogP contribution in [0.3, 0.4) is 0 Å². The van der Waals surface area contributed by atoms with Crippen molar-refractivity contribution in [1.82, 2.24) is 15.6 Å². The van der Waals surface area contributed by atoms with Crippen LogP contribution in [0, 0.1) is 5.92 Å². The van der Waals surface area contributed by atoms with Crippen molar-refractivity contribution in [3.8, 4) is 0 Å². The van der Waals surface area contributed by atoms with Crippen LogP contribution in [0.4, 0.5) is 0 Å². The van der Waals surface area contributed by atoms with Crippen LogP contribution in [-0.4, -0.2) is 24.6 Å². The molecule has 0 saturated carbocycles. The molecule has 0 amide bonds. The van der Waals surface area contributed by atoms with E-state index >= 15 is 0 Å². The second kappa shape index (κ2) is 5.51. The van der Waals surface area contributed by atoms with Crippen molar-refractivity contribution in [2.75, 3.05) is 19.6 Å². The van der Waals surface area contributed by atoms with Crippen molar-refractivity contribution in [1.29, 1.82) is 0 Å². The number of nitrogens with one attached hydrogen (secondary N) is 2. The van der Waals surface area contributed by atoms with Crippen molar-refractivity contribution in [3.05, 3.63) is 15.6 Å². The van der Waals surface area contributed by atoms with Crippen LogP contribution in [0.5, 0.6) is 0 Å². The Morgan fingerprint density at radius 1 is 1.47 bits per heavy atom. The first-order valence-electron chi connectivity index (χ1n) is 7.71. The fourth-order valence-corrected chi connectivity index (χ4v) is 4.87. The fraction of sp³-hybridized carbons (Fsp3) is 0.800. The van der Waals surface area contributed by atoms with E-state index in [4.69, 9.17) is 4.98 Å². The van der Waals surface area contributed by atoms with Crippen LogP contribution >= 0.6 is 11.3 Å². The van der Waals surface area contributed by atoms with Gasteiger partial charge in [0, 0.05) is 4.88 Å². The molecule has 106 valence electrons. The van der Waals surface area contributed by atoms with Gasteiger partial charge in [-0.1, -0.05) is 13.8 Å². The quantitative estimate of drug-likeness (QED) is 0.889. The molecule has 3 nitrogen and oxygen atoms in total. The summed E-state index contributed by atoms with van der Waals surface area (Å²) in [6.45, 7) is 7.90. The summed E-state index contributed by atoms with van der Waals surface area (Å²) in [6.07, 6.45) is 6.11. The van der Waals surface area contributed by atoms with Gasteiger partial charge in [-0.25, -0.2) is 4.98 Å². The average Bonchev–Trinajstić information content (AvgIpc) is 2.99. The summed E-state index contributed by atoms with van der Waals surface area (Å²) >= 11 is 1.98. The number of aryl methyl sites for hydroxylation is 2. The smallest absolute Gasteiger partial charge is 0.114 e. The molecule has 0 radical (unpaired) electrons. The van der Waals surface area contributed by atoms with Crippen molar-refractivity contribution < 1.29 is 0 Å². The van der Waals surface area contributed by atoms with E-state index in [-0.39, 0.29) is 5.54 Å². The number of hydrogen-bond donors (Lipinski definition) is 2. The summed E-state index contributed by atoms with van der Waals surface area (Å²) < 4.78 is 0. The van der Waals surface area contributed by atoms with Crippen LogP contribution < -0.4 is 10.6 Å². The van der Waals surface area contributed by atoms with Crippen LogP contribution in [0.2, 0.25) is 0 Å². The molecule has 0 aromatic carbocycles. The van der Waals surface area contributed by atoms with Crippen LogP contribution in [-0.2, 0) is 18.4 Å². The first-order chi connectivity index (χ1) is 9.26. The van der Waals surface area contributed by atoms with Gasteiger partial charge in [-0.05, 0) is 57.7 Å². The summed E-state index contributed by atoms with van der Waals surface area (Å²) in [4.78, 5) is 6.57. The molecule has 2 heterocycles. The number of thiazole rings is 1. The van der Waals surface area contributed by atoms with Gasteiger partial charge in [-0.2, -0.15) is 0 Å². The number of hydrogen-bond acceptors (Lipinski definition) is 4. The molecule has 19 heavy (non-hydrogen) atoms. The molecule has 1 aromatic heterocycles. The molecule has 1 aliphatic heterocycles. The molecule has 1 aromatic rings. The number of nitrogens with zero attached hydrogens (tertiary/aromatic N) is 1. The maximum Gasteiger partial charge on any atom is 0.114 e. The predicted molar refractivity (Wildman–Crippen MR) is 80.8 cm³/mol. The standard InChI is InChI=1S/C15H25N3S/c1-3-8-17-15(7-9-16-10-11(15)2)14-18-12-5-4-6-13(12)19-14/h11,16-17H,3-10H2,1-2H3. The third-order valence-electron chi connectivity index (χ3n) is 4.66. The summed E-state index contributed by atoms with van der Waals surface area (Å²) in [5.41, 5.74) is 1.51. The zero-order chi connectivity index (χ0) is 13.3. The van der Waals surface area contributed by atoms with E-state index in [2.05, 4.69) is 24.5 Å². The van der Waals surface area contributed by atoms with E-state index in [0.29, 0.717) is 5.92 Å². The molecule has 1 aliphatic carbocycles. The Labute approximate surface area is 120 Å². The van der Waals surface area contributed by atoms with Gasteiger partial charge >= 0.3 is 0 Å². The van der Waals surface area contributed by atoms with Gasteiger partial charge in [0.1, 0.15) is 5.01 Å². The SMILES string of the molecule is CCCNC1(c2nc3c(s2)CCC3)CCNCC1C. The van der Waals surface area contributed by atoms with Crippen molar-refractivity contribution in [3.63, 3.8) is 0 Å². The molecule has 2 N–H and O–H groups in total. The average molecular weight is 279 g/mol. The number of piperidine rings is 1. The van der Waals surface area contributed by atoms with Gasteiger partial charge in [-0.3, -0.25) is 0 Å². The predicted octanol–water partition coefficient (Wildman–Crippen LogP) is 2.46. The van der Waals surface area contributed by atoms with Crippen LogP contribution in [0.1, 0.15) is 48.7 Å². The summed E-state index contributed by atoms with van der Waals surface area (Å²) in [6, 6.07) is 0. The van der Waals surface area contributed by atoms with Gasteiger partial charge < -0.3 is 10.6 Å². The molecule has 4 heteroatoms. The van der Waals surface area contributed by atoms with Gasteiger partial charge in [0.25, 0.3) is 0 Å². The molecule has 3 rings (SSSR count). The maximum atomic E-state index is 5.02. The Kier molecular flexibility index (Phi) is 3.92. The number of aromatic nitrogens is 1. The lowest BCUT2D eigenvalue weighted by Crippen LogP contribution is -2.55. The van der Waals surface area contributed by atoms with Gasteiger partial charge in [-0.15, -0.1) is 11.3 Å². The second-order valence-electron chi connectivity index (χ2n) is 6.00. The zero-order valence-corrected chi connectivity index (χ0v) is 12.9. The fourth-order valence-electron chi connectivity index (χ4n) is 3.41. The normalized spacial score (nSPS) is 30.5. The Morgan fingerprint density at radius 2 is 2.37 bits per heavy atom. The van der Waals surface area contributed by atoms with E-state index in [9.17, 15) is 0 Å². The highest BCUT2D eigenvalue weighted by atomic mass is 32.1. The second-order valence-corrected chi connectivity index (χ2v) is 7.08. The van der Waals surface area contributed by atoms with E-state index in [1.807, 2.05) is 11.3 Å². The minimum atomic E-state index is 0.121. The zero-order valence-electron chi connectivity index (χ0n) is 12.1. The van der Waals surface area contributed by atoms with Crippen molar-refractivity contribution >= 4 is 11.3 Å². The van der Waals surface area contributed by atoms with Crippen molar-refractivity contribution in [2.45, 2.75) is 51.5 Å². The van der Waals surface area contributed by atoms with Gasteiger partial charge in [0.2, 0.25) is 0 Å². The summed E-state index contributed by atoms with van der Waals surface area (Å²) in [7, 11) is 0. The molecule has 2 unspecified atom stereocenters. The van der Waals surface area contributed by atoms with E-state index < -0.39 is 0 Å². The molecule has 2 aliphatic rings. The molecular formula is C15H25N3S. The summed E-state index contributed by atoms with van der Waals surface area (Å²) in [5, 5.41) is 8.73. The largest absolute Gasteiger partial charge is 0.316 e. The lowest BCUT2D eigenvalue weighted by atomic mass is 9.79. The highest BCUT2D eigenvalue weighted by Gasteiger charge is 2.42. The third kappa shape index (κ3) is 2.34. The van der Waals surface area contributed by atoms with E-state index in [0.717, 1.165) is 19.6 Å². The Hall–Kier alpha value is -0.450. The molecular weight excluding hydrogens is 254 g/mol. The first-order valence-corrected chi connectivity index (χ1v) is 8.52. The molecule has 1 fully saturated rings. The van der Waals surface area contributed by atoms with Crippen molar-refractivity contribution in [2.24, 2.45) is 5.92 Å². The molecule has 0 spiro atoms. The molecule has 0 bridgehead atoms. The highest BCUT2D eigenvalue weighted by Crippen LogP contribution is 2.40. The topological polar surface area (TPSA) is 37.0 Å². The maximum absolute atomic E-state index is 5.02. The van der Waals surface area contributed by atoms with E-state index in [1.54, 1.807) is 4.88 Å². The number of rotatable bonds is 4.